The molecule has 1 heterocycles. The van der Waals surface area contributed by atoms with Crippen LogP contribution in [0.5, 0.6) is 0 Å². The van der Waals surface area contributed by atoms with Crippen molar-refractivity contribution in [1.82, 2.24) is 4.98 Å². The van der Waals surface area contributed by atoms with Gasteiger partial charge >= 0.3 is 6.18 Å². The summed E-state index contributed by atoms with van der Waals surface area (Å²) in [5, 5.41) is 0. The fourth-order valence-electron chi connectivity index (χ4n) is 1.39. The molecule has 0 atom stereocenters. The molecule has 0 bridgehead atoms. The maximum absolute atomic E-state index is 12.0. The third-order valence-electron chi connectivity index (χ3n) is 2.23. The van der Waals surface area contributed by atoms with Crippen LogP contribution in [-0.4, -0.2) is 31.9 Å². The van der Waals surface area contributed by atoms with Gasteiger partial charge in [-0.3, -0.25) is 4.72 Å². The van der Waals surface area contributed by atoms with Gasteiger partial charge in [0.25, 0.3) is 0 Å². The Morgan fingerprint density at radius 1 is 1.38 bits per heavy atom. The molecule has 0 aliphatic carbocycles. The molecule has 9 heteroatoms. The second-order valence-corrected chi connectivity index (χ2v) is 5.92. The second kappa shape index (κ2) is 7.28. The second-order valence-electron chi connectivity index (χ2n) is 4.08. The molecule has 0 spiro atoms. The van der Waals surface area contributed by atoms with Crippen molar-refractivity contribution in [2.24, 2.45) is 5.73 Å². The fraction of sp³-hybridized carbons (Fsp3) is 0.417. The van der Waals surface area contributed by atoms with Crippen LogP contribution in [-0.2, 0) is 10.0 Å². The summed E-state index contributed by atoms with van der Waals surface area (Å²) < 4.78 is 61.3. The summed E-state index contributed by atoms with van der Waals surface area (Å²) in [6.07, 6.45) is -4.69. The summed E-state index contributed by atoms with van der Waals surface area (Å²) in [5.74, 6) is 4.66. The highest BCUT2D eigenvalue weighted by Crippen LogP contribution is 2.21. The van der Waals surface area contributed by atoms with E-state index in [0.29, 0.717) is 5.56 Å². The number of nitrogens with one attached hydrogen (secondary N) is 1. The SMILES string of the molecule is NCC#Cc1ccnc(NS(=O)(=O)CCCC(F)(F)F)c1. The Hall–Kier alpha value is -1.79. The zero-order valence-corrected chi connectivity index (χ0v) is 11.8. The molecule has 0 radical (unpaired) electrons. The molecular formula is C12H14F3N3O2S. The topological polar surface area (TPSA) is 85.1 Å². The molecule has 5 nitrogen and oxygen atoms in total. The van der Waals surface area contributed by atoms with Gasteiger partial charge in [-0.25, -0.2) is 13.4 Å². The number of hydrogen-bond donors (Lipinski definition) is 2. The van der Waals surface area contributed by atoms with Gasteiger partial charge in [-0.15, -0.1) is 0 Å². The molecule has 3 N–H and O–H groups in total. The molecular weight excluding hydrogens is 307 g/mol. The number of halogens is 3. The van der Waals surface area contributed by atoms with E-state index in [0.717, 1.165) is 0 Å². The van der Waals surface area contributed by atoms with Crippen molar-refractivity contribution in [3.8, 4) is 11.8 Å². The zero-order valence-electron chi connectivity index (χ0n) is 10.9. The van der Waals surface area contributed by atoms with Crippen LogP contribution in [0.25, 0.3) is 0 Å². The summed E-state index contributed by atoms with van der Waals surface area (Å²) in [4.78, 5) is 3.78. The maximum Gasteiger partial charge on any atom is 0.389 e. The van der Waals surface area contributed by atoms with Crippen LogP contribution in [0.3, 0.4) is 0 Å². The number of alkyl halides is 3. The summed E-state index contributed by atoms with van der Waals surface area (Å²) in [6.45, 7) is 0.154. The van der Waals surface area contributed by atoms with Crippen LogP contribution in [0.15, 0.2) is 18.3 Å². The van der Waals surface area contributed by atoms with Gasteiger partial charge in [0.2, 0.25) is 10.0 Å². The quantitative estimate of drug-likeness (QED) is 0.804. The van der Waals surface area contributed by atoms with Gasteiger partial charge in [-0.2, -0.15) is 13.2 Å². The van der Waals surface area contributed by atoms with Crippen molar-refractivity contribution < 1.29 is 21.6 Å². The summed E-state index contributed by atoms with van der Waals surface area (Å²) in [5.41, 5.74) is 5.72. The first-order valence-corrected chi connectivity index (χ1v) is 7.59. The maximum atomic E-state index is 12.0. The average molecular weight is 321 g/mol. The average Bonchev–Trinajstić information content (AvgIpc) is 2.34. The van der Waals surface area contributed by atoms with E-state index in [9.17, 15) is 21.6 Å². The van der Waals surface area contributed by atoms with Gasteiger partial charge < -0.3 is 5.73 Å². The molecule has 0 aliphatic rings. The highest BCUT2D eigenvalue weighted by atomic mass is 32.2. The van der Waals surface area contributed by atoms with E-state index >= 15 is 0 Å². The molecule has 21 heavy (non-hydrogen) atoms. The Morgan fingerprint density at radius 3 is 2.71 bits per heavy atom. The first-order valence-electron chi connectivity index (χ1n) is 5.94. The Labute approximate surface area is 120 Å². The van der Waals surface area contributed by atoms with Gasteiger partial charge in [0.1, 0.15) is 5.82 Å². The van der Waals surface area contributed by atoms with Crippen molar-refractivity contribution in [3.05, 3.63) is 23.9 Å². The molecule has 116 valence electrons. The highest BCUT2D eigenvalue weighted by molar-refractivity contribution is 7.92. The molecule has 0 unspecified atom stereocenters. The van der Waals surface area contributed by atoms with Gasteiger partial charge in [0, 0.05) is 18.2 Å². The van der Waals surface area contributed by atoms with Crippen LogP contribution in [0.4, 0.5) is 19.0 Å². The number of sulfonamides is 1. The van der Waals surface area contributed by atoms with E-state index in [-0.39, 0.29) is 12.4 Å². The number of nitrogens with two attached hydrogens (primary N) is 1. The molecule has 1 aromatic heterocycles. The fourth-order valence-corrected chi connectivity index (χ4v) is 2.45. The molecule has 0 saturated carbocycles. The number of pyridine rings is 1. The summed E-state index contributed by atoms with van der Waals surface area (Å²) >= 11 is 0. The van der Waals surface area contributed by atoms with E-state index in [2.05, 4.69) is 21.5 Å². The number of hydrogen-bond acceptors (Lipinski definition) is 4. The van der Waals surface area contributed by atoms with E-state index in [1.807, 2.05) is 0 Å². The minimum atomic E-state index is -4.37. The van der Waals surface area contributed by atoms with Gasteiger partial charge in [-0.05, 0) is 18.6 Å². The molecule has 1 aromatic rings. The predicted molar refractivity (Wildman–Crippen MR) is 72.9 cm³/mol. The van der Waals surface area contributed by atoms with Gasteiger partial charge in [0.05, 0.1) is 12.3 Å². The van der Waals surface area contributed by atoms with E-state index in [1.165, 1.54) is 12.3 Å². The number of rotatable bonds is 5. The molecule has 0 amide bonds. The lowest BCUT2D eigenvalue weighted by Crippen LogP contribution is -2.19. The molecule has 0 aromatic carbocycles. The van der Waals surface area contributed by atoms with E-state index in [1.54, 1.807) is 6.07 Å². The molecule has 0 aliphatic heterocycles. The van der Waals surface area contributed by atoms with Crippen molar-refractivity contribution in [2.75, 3.05) is 17.0 Å². The van der Waals surface area contributed by atoms with Crippen molar-refractivity contribution in [2.45, 2.75) is 19.0 Å². The molecule has 0 saturated heterocycles. The zero-order chi connectivity index (χ0) is 15.9. The van der Waals surface area contributed by atoms with E-state index in [4.69, 9.17) is 5.73 Å². The largest absolute Gasteiger partial charge is 0.389 e. The standard InChI is InChI=1S/C12H14F3N3O2S/c13-12(14,15)5-2-8-21(19,20)18-11-9-10(3-1-6-16)4-7-17-11/h4,7,9H,2,5-6,8,16H2,(H,17,18). The monoisotopic (exact) mass is 321 g/mol. The van der Waals surface area contributed by atoms with Gasteiger partial charge in [0.15, 0.2) is 0 Å². The Morgan fingerprint density at radius 2 is 2.10 bits per heavy atom. The smallest absolute Gasteiger partial charge is 0.320 e. The van der Waals surface area contributed by atoms with Crippen molar-refractivity contribution in [3.63, 3.8) is 0 Å². The first kappa shape index (κ1) is 17.3. The van der Waals surface area contributed by atoms with Crippen LogP contribution in [0, 0.1) is 11.8 Å². The lowest BCUT2D eigenvalue weighted by Gasteiger charge is -2.08. The molecule has 1 rings (SSSR count). The van der Waals surface area contributed by atoms with Crippen molar-refractivity contribution in [1.29, 1.82) is 0 Å². The Balaban J connectivity index is 2.67. The Kier molecular flexibility index (Phi) is 5.99. The summed E-state index contributed by atoms with van der Waals surface area (Å²) in [6, 6.07) is 2.94. The number of nitrogens with zero attached hydrogens (tertiary/aromatic N) is 1. The minimum Gasteiger partial charge on any atom is -0.320 e. The van der Waals surface area contributed by atoms with Crippen LogP contribution in [0.1, 0.15) is 18.4 Å². The lowest BCUT2D eigenvalue weighted by molar-refractivity contribution is -0.134. The normalized spacial score (nSPS) is 11.6. The van der Waals surface area contributed by atoms with Crippen LogP contribution < -0.4 is 10.5 Å². The predicted octanol–water partition coefficient (Wildman–Crippen LogP) is 1.48. The first-order chi connectivity index (χ1) is 9.72. The summed E-state index contributed by atoms with van der Waals surface area (Å²) in [7, 11) is -3.88. The third kappa shape index (κ3) is 7.53. The van der Waals surface area contributed by atoms with Crippen LogP contribution >= 0.6 is 0 Å². The lowest BCUT2D eigenvalue weighted by atomic mass is 10.2. The van der Waals surface area contributed by atoms with Gasteiger partial charge in [-0.1, -0.05) is 11.8 Å². The molecule has 0 fully saturated rings. The van der Waals surface area contributed by atoms with Crippen molar-refractivity contribution >= 4 is 15.8 Å². The Bertz CT molecular complexity index is 633. The third-order valence-corrected chi connectivity index (χ3v) is 3.57. The number of anilines is 1. The highest BCUT2D eigenvalue weighted by Gasteiger charge is 2.27. The number of aromatic nitrogens is 1. The minimum absolute atomic E-state index is 0.00540. The van der Waals surface area contributed by atoms with Crippen LogP contribution in [0.2, 0.25) is 0 Å². The van der Waals surface area contributed by atoms with E-state index < -0.39 is 34.8 Å².